The van der Waals surface area contributed by atoms with Gasteiger partial charge in [0.1, 0.15) is 0 Å². The fourth-order valence-electron chi connectivity index (χ4n) is 2.68. The van der Waals surface area contributed by atoms with Gasteiger partial charge in [0, 0.05) is 0 Å². The van der Waals surface area contributed by atoms with E-state index in [1.807, 2.05) is 0 Å². The van der Waals surface area contributed by atoms with Gasteiger partial charge in [-0.2, -0.15) is 0 Å². The van der Waals surface area contributed by atoms with E-state index in [-0.39, 0.29) is 0 Å². The molecule has 0 aliphatic rings. The lowest BCUT2D eigenvalue weighted by molar-refractivity contribution is 0.168. The lowest BCUT2D eigenvalue weighted by Gasteiger charge is -2.30. The third-order valence-electron chi connectivity index (χ3n) is 3.96. The summed E-state index contributed by atoms with van der Waals surface area (Å²) in [6, 6.07) is 0. The van der Waals surface area contributed by atoms with Crippen LogP contribution in [0.5, 0.6) is 0 Å². The highest BCUT2D eigenvalue weighted by Crippen LogP contribution is 2.11. The van der Waals surface area contributed by atoms with Gasteiger partial charge in [-0.1, -0.05) is 72.6 Å². The van der Waals surface area contributed by atoms with Gasteiger partial charge in [0.2, 0.25) is 0 Å². The first-order valence-electron chi connectivity index (χ1n) is 8.77. The van der Waals surface area contributed by atoms with Gasteiger partial charge >= 0.3 is 0 Å². The van der Waals surface area contributed by atoms with Gasteiger partial charge in [0.05, 0.1) is 6.17 Å². The molecule has 2 nitrogen and oxygen atoms in total. The topological polar surface area (TPSA) is 15.3 Å². The molecule has 0 rings (SSSR count). The summed E-state index contributed by atoms with van der Waals surface area (Å²) < 4.78 is 0. The van der Waals surface area contributed by atoms with Crippen molar-refractivity contribution in [3.63, 3.8) is 0 Å². The van der Waals surface area contributed by atoms with Crippen molar-refractivity contribution in [2.75, 3.05) is 19.6 Å². The monoisotopic (exact) mass is 270 g/mol. The van der Waals surface area contributed by atoms with Crippen LogP contribution < -0.4 is 5.32 Å². The number of hydrogen-bond donors (Lipinski definition) is 1. The normalized spacial score (nSPS) is 13.1. The van der Waals surface area contributed by atoms with Gasteiger partial charge in [-0.3, -0.25) is 4.90 Å². The van der Waals surface area contributed by atoms with Crippen molar-refractivity contribution in [1.29, 1.82) is 0 Å². The number of unbranched alkanes of at least 4 members (excludes halogenated alkanes) is 6. The van der Waals surface area contributed by atoms with Crippen LogP contribution in [0, 0.1) is 0 Å². The first kappa shape index (κ1) is 18.9. The number of rotatable bonds is 14. The van der Waals surface area contributed by atoms with Crippen molar-refractivity contribution in [3.05, 3.63) is 0 Å². The van der Waals surface area contributed by atoms with Gasteiger partial charge in [-0.25, -0.2) is 0 Å². The van der Waals surface area contributed by atoms with Gasteiger partial charge < -0.3 is 5.32 Å². The summed E-state index contributed by atoms with van der Waals surface area (Å²) in [6.07, 6.45) is 13.0. The maximum absolute atomic E-state index is 3.71. The predicted molar refractivity (Wildman–Crippen MR) is 87.6 cm³/mol. The SMILES string of the molecule is CCCCCCCCCC(NCCC)N(CC)CC. The second-order valence-corrected chi connectivity index (χ2v) is 5.60. The molecular weight excluding hydrogens is 232 g/mol. The molecule has 0 heterocycles. The molecule has 0 amide bonds. The second-order valence-electron chi connectivity index (χ2n) is 5.60. The molecule has 1 atom stereocenters. The van der Waals surface area contributed by atoms with E-state index in [0.717, 1.165) is 19.6 Å². The average Bonchev–Trinajstić information content (AvgIpc) is 2.44. The molecule has 0 saturated carbocycles. The molecule has 0 fully saturated rings. The van der Waals surface area contributed by atoms with E-state index in [9.17, 15) is 0 Å². The van der Waals surface area contributed by atoms with Gasteiger partial charge in [-0.05, 0) is 32.5 Å². The Morgan fingerprint density at radius 2 is 1.32 bits per heavy atom. The van der Waals surface area contributed by atoms with Crippen molar-refractivity contribution in [1.82, 2.24) is 10.2 Å². The minimum atomic E-state index is 0.602. The molecule has 0 aliphatic carbocycles. The highest BCUT2D eigenvalue weighted by molar-refractivity contribution is 4.67. The van der Waals surface area contributed by atoms with E-state index < -0.39 is 0 Å². The summed E-state index contributed by atoms with van der Waals surface area (Å²) in [6.45, 7) is 12.6. The van der Waals surface area contributed by atoms with Crippen LogP contribution in [-0.4, -0.2) is 30.7 Å². The van der Waals surface area contributed by atoms with E-state index >= 15 is 0 Å². The Bertz CT molecular complexity index is 167. The molecule has 0 aliphatic heterocycles. The molecule has 0 aromatic rings. The zero-order valence-corrected chi connectivity index (χ0v) is 14.0. The lowest BCUT2D eigenvalue weighted by Crippen LogP contribution is -2.45. The Morgan fingerprint density at radius 1 is 0.737 bits per heavy atom. The molecule has 0 aromatic carbocycles. The summed E-state index contributed by atoms with van der Waals surface area (Å²) >= 11 is 0. The first-order valence-corrected chi connectivity index (χ1v) is 8.77. The number of nitrogens with zero attached hydrogens (tertiary/aromatic N) is 1. The van der Waals surface area contributed by atoms with Crippen molar-refractivity contribution in [3.8, 4) is 0 Å². The number of nitrogens with one attached hydrogen (secondary N) is 1. The van der Waals surface area contributed by atoms with E-state index in [0.29, 0.717) is 6.17 Å². The summed E-state index contributed by atoms with van der Waals surface area (Å²) in [5.74, 6) is 0. The van der Waals surface area contributed by atoms with Crippen LogP contribution in [-0.2, 0) is 0 Å². The molecule has 0 spiro atoms. The van der Waals surface area contributed by atoms with Crippen LogP contribution in [0.15, 0.2) is 0 Å². The Morgan fingerprint density at radius 3 is 1.84 bits per heavy atom. The van der Waals surface area contributed by atoms with Gasteiger partial charge in [0.15, 0.2) is 0 Å². The van der Waals surface area contributed by atoms with Crippen LogP contribution in [0.25, 0.3) is 0 Å². The molecular formula is C17H38N2. The van der Waals surface area contributed by atoms with Crippen molar-refractivity contribution < 1.29 is 0 Å². The van der Waals surface area contributed by atoms with Crippen LogP contribution in [0.3, 0.4) is 0 Å². The molecule has 1 N–H and O–H groups in total. The Hall–Kier alpha value is -0.0800. The Balaban J connectivity index is 3.72. The van der Waals surface area contributed by atoms with Crippen molar-refractivity contribution in [2.45, 2.75) is 91.6 Å². The fourth-order valence-corrected chi connectivity index (χ4v) is 2.68. The summed E-state index contributed by atoms with van der Waals surface area (Å²) in [5, 5.41) is 3.71. The van der Waals surface area contributed by atoms with E-state index in [1.165, 1.54) is 57.8 Å². The molecule has 0 radical (unpaired) electrons. The Kier molecular flexibility index (Phi) is 14.3. The van der Waals surface area contributed by atoms with Crippen LogP contribution in [0.2, 0.25) is 0 Å². The highest BCUT2D eigenvalue weighted by atomic mass is 15.3. The molecule has 116 valence electrons. The van der Waals surface area contributed by atoms with Gasteiger partial charge in [0.25, 0.3) is 0 Å². The van der Waals surface area contributed by atoms with Crippen molar-refractivity contribution >= 4 is 0 Å². The van der Waals surface area contributed by atoms with E-state index in [2.05, 4.69) is 37.9 Å². The third-order valence-corrected chi connectivity index (χ3v) is 3.96. The Labute approximate surface area is 122 Å². The molecule has 2 heteroatoms. The fraction of sp³-hybridized carbons (Fsp3) is 1.00. The standard InChI is InChI=1S/C17H38N2/c1-5-9-10-11-12-13-14-15-17(18-16-6-2)19(7-3)8-4/h17-18H,5-16H2,1-4H3. The summed E-state index contributed by atoms with van der Waals surface area (Å²) in [7, 11) is 0. The minimum Gasteiger partial charge on any atom is -0.302 e. The minimum absolute atomic E-state index is 0.602. The third kappa shape index (κ3) is 10.4. The number of hydrogen-bond acceptors (Lipinski definition) is 2. The molecule has 19 heavy (non-hydrogen) atoms. The molecule has 0 aromatic heterocycles. The molecule has 1 unspecified atom stereocenters. The zero-order valence-electron chi connectivity index (χ0n) is 14.0. The first-order chi connectivity index (χ1) is 9.29. The van der Waals surface area contributed by atoms with Crippen LogP contribution in [0.4, 0.5) is 0 Å². The highest BCUT2D eigenvalue weighted by Gasteiger charge is 2.13. The quantitative estimate of drug-likeness (QED) is 0.360. The predicted octanol–water partition coefficient (Wildman–Crippen LogP) is 4.79. The molecule has 0 saturated heterocycles. The maximum atomic E-state index is 3.71. The average molecular weight is 271 g/mol. The second kappa shape index (κ2) is 14.3. The van der Waals surface area contributed by atoms with E-state index in [4.69, 9.17) is 0 Å². The van der Waals surface area contributed by atoms with E-state index in [1.54, 1.807) is 0 Å². The van der Waals surface area contributed by atoms with Gasteiger partial charge in [-0.15, -0.1) is 0 Å². The smallest absolute Gasteiger partial charge is 0.0596 e. The van der Waals surface area contributed by atoms with Crippen LogP contribution in [0.1, 0.15) is 85.5 Å². The maximum Gasteiger partial charge on any atom is 0.0596 e. The summed E-state index contributed by atoms with van der Waals surface area (Å²) in [5.41, 5.74) is 0. The largest absolute Gasteiger partial charge is 0.302 e. The lowest BCUT2D eigenvalue weighted by atomic mass is 10.1. The van der Waals surface area contributed by atoms with Crippen LogP contribution >= 0.6 is 0 Å². The summed E-state index contributed by atoms with van der Waals surface area (Å²) in [4.78, 5) is 2.56. The van der Waals surface area contributed by atoms with Crippen molar-refractivity contribution in [2.24, 2.45) is 0 Å². The zero-order chi connectivity index (χ0) is 14.3. The molecule has 0 bridgehead atoms.